The number of nitrogens with zero attached hydrogens (tertiary/aromatic N) is 3. The number of pyridine rings is 1. The van der Waals surface area contributed by atoms with Crippen molar-refractivity contribution in [2.24, 2.45) is 5.92 Å². The predicted molar refractivity (Wildman–Crippen MR) is 138 cm³/mol. The molecule has 0 atom stereocenters. The third kappa shape index (κ3) is 4.75. The maximum atomic E-state index is 12.1. The first-order valence-corrected chi connectivity index (χ1v) is 12.2. The van der Waals surface area contributed by atoms with E-state index in [1.54, 1.807) is 0 Å². The van der Waals surface area contributed by atoms with Crippen LogP contribution in [0.15, 0.2) is 79.1 Å². The van der Waals surface area contributed by atoms with Gasteiger partial charge < -0.3 is 9.88 Å². The van der Waals surface area contributed by atoms with Gasteiger partial charge >= 0.3 is 0 Å². The summed E-state index contributed by atoms with van der Waals surface area (Å²) < 4.78 is 2.37. The maximum absolute atomic E-state index is 12.1. The van der Waals surface area contributed by atoms with E-state index in [9.17, 15) is 4.79 Å². The summed E-state index contributed by atoms with van der Waals surface area (Å²) in [6.07, 6.45) is 5.96. The first-order valence-electron chi connectivity index (χ1n) is 12.2. The molecule has 0 aliphatic carbocycles. The van der Waals surface area contributed by atoms with E-state index in [0.717, 1.165) is 43.9 Å². The van der Waals surface area contributed by atoms with Gasteiger partial charge in [-0.25, -0.2) is 0 Å². The summed E-state index contributed by atoms with van der Waals surface area (Å²) in [6.45, 7) is 6.89. The van der Waals surface area contributed by atoms with E-state index in [0.29, 0.717) is 5.92 Å². The quantitative estimate of drug-likeness (QED) is 0.390. The molecule has 2 aromatic heterocycles. The lowest BCUT2D eigenvalue weighted by Crippen LogP contribution is -2.33. The van der Waals surface area contributed by atoms with Crippen molar-refractivity contribution in [3.05, 3.63) is 90.4 Å². The average Bonchev–Trinajstić information content (AvgIpc) is 3.23. The Morgan fingerprint density at radius 1 is 1.00 bits per heavy atom. The van der Waals surface area contributed by atoms with Gasteiger partial charge in [-0.2, -0.15) is 0 Å². The third-order valence-electron chi connectivity index (χ3n) is 6.83. The molecule has 34 heavy (non-hydrogen) atoms. The standard InChI is InChI=1S/C29H32N4O/c1-21(2)29(34)31-25-8-5-7-23(18-25)22-12-16-32(17-13-22)20-27-19-24-6-3-4-9-28(24)33(27)26-10-14-30-15-11-26/h3-11,14-15,18-19,21-22H,12-13,16-17,20H2,1-2H3,(H,31,34). The number of carbonyl (C=O) groups excluding carboxylic acids is 1. The largest absolute Gasteiger partial charge is 0.326 e. The highest BCUT2D eigenvalue weighted by Crippen LogP contribution is 2.31. The molecule has 0 saturated carbocycles. The molecule has 0 unspecified atom stereocenters. The highest BCUT2D eigenvalue weighted by atomic mass is 16.1. The van der Waals surface area contributed by atoms with Crippen LogP contribution in [0, 0.1) is 5.92 Å². The third-order valence-corrected chi connectivity index (χ3v) is 6.83. The minimum Gasteiger partial charge on any atom is -0.326 e. The van der Waals surface area contributed by atoms with Gasteiger partial charge in [-0.3, -0.25) is 14.7 Å². The topological polar surface area (TPSA) is 50.2 Å². The van der Waals surface area contributed by atoms with Gasteiger partial charge in [-0.15, -0.1) is 0 Å². The smallest absolute Gasteiger partial charge is 0.226 e. The Balaban J connectivity index is 1.29. The Bertz CT molecular complexity index is 1270. The first-order chi connectivity index (χ1) is 16.6. The van der Waals surface area contributed by atoms with Crippen LogP contribution in [0.3, 0.4) is 0 Å². The van der Waals surface area contributed by atoms with E-state index in [2.05, 4.69) is 80.4 Å². The predicted octanol–water partition coefficient (Wildman–Crippen LogP) is 6.00. The number of anilines is 1. The fraction of sp³-hybridized carbons (Fsp3) is 0.310. The number of rotatable bonds is 6. The van der Waals surface area contributed by atoms with Crippen molar-refractivity contribution in [2.75, 3.05) is 18.4 Å². The molecule has 5 nitrogen and oxygen atoms in total. The molecule has 5 rings (SSSR count). The lowest BCUT2D eigenvalue weighted by molar-refractivity contribution is -0.118. The Morgan fingerprint density at radius 2 is 1.76 bits per heavy atom. The minimum absolute atomic E-state index is 0.0189. The van der Waals surface area contributed by atoms with Crippen LogP contribution in [0.1, 0.15) is 43.9 Å². The van der Waals surface area contributed by atoms with Crippen LogP contribution < -0.4 is 5.32 Å². The fourth-order valence-electron chi connectivity index (χ4n) is 4.94. The number of carbonyl (C=O) groups is 1. The summed E-state index contributed by atoms with van der Waals surface area (Å²) in [5, 5.41) is 4.31. The Kier molecular flexibility index (Phi) is 6.45. The van der Waals surface area contributed by atoms with Crippen molar-refractivity contribution in [3.63, 3.8) is 0 Å². The summed E-state index contributed by atoms with van der Waals surface area (Å²) in [7, 11) is 0. The van der Waals surface area contributed by atoms with Gasteiger partial charge in [-0.05, 0) is 73.8 Å². The molecule has 5 heteroatoms. The number of nitrogens with one attached hydrogen (secondary N) is 1. The second kappa shape index (κ2) is 9.82. The molecule has 1 saturated heterocycles. The van der Waals surface area contributed by atoms with Gasteiger partial charge in [0, 0.05) is 47.3 Å². The Morgan fingerprint density at radius 3 is 2.53 bits per heavy atom. The number of hydrogen-bond acceptors (Lipinski definition) is 3. The molecule has 0 radical (unpaired) electrons. The molecular formula is C29H32N4O. The van der Waals surface area contributed by atoms with Gasteiger partial charge in [0.25, 0.3) is 0 Å². The molecule has 0 bridgehead atoms. The number of benzene rings is 2. The van der Waals surface area contributed by atoms with Crippen LogP contribution in [0.4, 0.5) is 5.69 Å². The molecule has 4 aromatic rings. The Labute approximate surface area is 201 Å². The van der Waals surface area contributed by atoms with E-state index >= 15 is 0 Å². The van der Waals surface area contributed by atoms with Gasteiger partial charge in [0.2, 0.25) is 5.91 Å². The fourth-order valence-corrected chi connectivity index (χ4v) is 4.94. The van der Waals surface area contributed by atoms with Crippen molar-refractivity contribution in [2.45, 2.75) is 39.2 Å². The molecular weight excluding hydrogens is 420 g/mol. The van der Waals surface area contributed by atoms with Crippen LogP contribution in [0.5, 0.6) is 0 Å². The zero-order valence-electron chi connectivity index (χ0n) is 19.9. The van der Waals surface area contributed by atoms with Gasteiger partial charge in [-0.1, -0.05) is 44.2 Å². The van der Waals surface area contributed by atoms with Crippen LogP contribution in [0.25, 0.3) is 16.6 Å². The molecule has 1 fully saturated rings. The second-order valence-electron chi connectivity index (χ2n) is 9.56. The molecule has 3 heterocycles. The zero-order valence-corrected chi connectivity index (χ0v) is 19.9. The monoisotopic (exact) mass is 452 g/mol. The number of amides is 1. The molecule has 2 aromatic carbocycles. The van der Waals surface area contributed by atoms with Crippen molar-refractivity contribution in [3.8, 4) is 5.69 Å². The summed E-state index contributed by atoms with van der Waals surface area (Å²) >= 11 is 0. The average molecular weight is 453 g/mol. The highest BCUT2D eigenvalue weighted by molar-refractivity contribution is 5.92. The molecule has 174 valence electrons. The number of aromatic nitrogens is 2. The second-order valence-corrected chi connectivity index (χ2v) is 9.56. The molecule has 1 amide bonds. The number of piperidine rings is 1. The SMILES string of the molecule is CC(C)C(=O)Nc1cccc(C2CCN(Cc3cc4ccccc4n3-c3ccncc3)CC2)c1. The zero-order chi connectivity index (χ0) is 23.5. The lowest BCUT2D eigenvalue weighted by Gasteiger charge is -2.32. The van der Waals surface area contributed by atoms with Crippen molar-refractivity contribution in [1.82, 2.24) is 14.5 Å². The van der Waals surface area contributed by atoms with E-state index < -0.39 is 0 Å². The number of hydrogen-bond donors (Lipinski definition) is 1. The minimum atomic E-state index is -0.0189. The number of likely N-dealkylation sites (tertiary alicyclic amines) is 1. The van der Waals surface area contributed by atoms with Gasteiger partial charge in [0.1, 0.15) is 0 Å². The van der Waals surface area contributed by atoms with Gasteiger partial charge in [0.15, 0.2) is 0 Å². The van der Waals surface area contributed by atoms with E-state index in [-0.39, 0.29) is 11.8 Å². The first kappa shape index (κ1) is 22.4. The summed E-state index contributed by atoms with van der Waals surface area (Å²) in [6, 6.07) is 23.5. The lowest BCUT2D eigenvalue weighted by atomic mass is 9.89. The van der Waals surface area contributed by atoms with Crippen molar-refractivity contribution in [1.29, 1.82) is 0 Å². The summed E-state index contributed by atoms with van der Waals surface area (Å²) in [5.74, 6) is 0.574. The van der Waals surface area contributed by atoms with E-state index in [1.165, 1.54) is 22.2 Å². The van der Waals surface area contributed by atoms with Crippen molar-refractivity contribution >= 4 is 22.5 Å². The molecule has 0 spiro atoms. The normalized spacial score (nSPS) is 15.1. The summed E-state index contributed by atoms with van der Waals surface area (Å²) in [4.78, 5) is 18.9. The van der Waals surface area contributed by atoms with Crippen molar-refractivity contribution < 1.29 is 4.79 Å². The summed E-state index contributed by atoms with van der Waals surface area (Å²) in [5.41, 5.74) is 5.93. The Hall–Kier alpha value is -3.44. The van der Waals surface area contributed by atoms with Crippen LogP contribution in [-0.4, -0.2) is 33.4 Å². The number of para-hydroxylation sites is 1. The highest BCUT2D eigenvalue weighted by Gasteiger charge is 2.22. The molecule has 1 aliphatic rings. The maximum Gasteiger partial charge on any atom is 0.226 e. The van der Waals surface area contributed by atoms with Gasteiger partial charge in [0.05, 0.1) is 5.52 Å². The number of fused-ring (bicyclic) bond motifs is 1. The van der Waals surface area contributed by atoms with Crippen LogP contribution >= 0.6 is 0 Å². The molecule has 1 aliphatic heterocycles. The van der Waals surface area contributed by atoms with Crippen LogP contribution in [0.2, 0.25) is 0 Å². The molecule has 1 N–H and O–H groups in total. The van der Waals surface area contributed by atoms with E-state index in [1.807, 2.05) is 32.3 Å². The van der Waals surface area contributed by atoms with E-state index in [4.69, 9.17) is 0 Å². The van der Waals surface area contributed by atoms with Crippen LogP contribution in [-0.2, 0) is 11.3 Å².